The van der Waals surface area contributed by atoms with Crippen molar-refractivity contribution in [2.24, 2.45) is 0 Å². The van der Waals surface area contributed by atoms with Gasteiger partial charge >= 0.3 is 0 Å². The maximum atomic E-state index is 12.1. The molecule has 0 bridgehead atoms. The van der Waals surface area contributed by atoms with Crippen LogP contribution in [0.15, 0.2) is 28.5 Å². The summed E-state index contributed by atoms with van der Waals surface area (Å²) >= 11 is 6.20. The minimum Gasteiger partial charge on any atom is -0.304 e. The Morgan fingerprint density at radius 1 is 1.20 bits per heavy atom. The van der Waals surface area contributed by atoms with Gasteiger partial charge in [-0.3, -0.25) is 4.90 Å². The first-order chi connectivity index (χ1) is 9.47. The van der Waals surface area contributed by atoms with E-state index in [1.807, 2.05) is 0 Å². The Morgan fingerprint density at radius 2 is 1.90 bits per heavy atom. The van der Waals surface area contributed by atoms with Crippen molar-refractivity contribution >= 4 is 27.0 Å². The second-order valence-corrected chi connectivity index (χ2v) is 7.55. The van der Waals surface area contributed by atoms with Crippen LogP contribution >= 0.6 is 11.6 Å². The second-order valence-electron chi connectivity index (χ2n) is 5.38. The Bertz CT molecular complexity index is 662. The Balaban J connectivity index is 1.89. The van der Waals surface area contributed by atoms with Crippen LogP contribution < -0.4 is 0 Å². The third-order valence-corrected chi connectivity index (χ3v) is 5.75. The summed E-state index contributed by atoms with van der Waals surface area (Å²) in [5.41, 5.74) is 1.50. The van der Waals surface area contributed by atoms with E-state index in [0.717, 1.165) is 31.8 Å². The van der Waals surface area contributed by atoms with E-state index in [1.54, 1.807) is 18.2 Å². The van der Waals surface area contributed by atoms with Gasteiger partial charge in [-0.15, -0.1) is 0 Å². The summed E-state index contributed by atoms with van der Waals surface area (Å²) in [6.07, 6.45) is 0. The van der Waals surface area contributed by atoms with Crippen molar-refractivity contribution in [3.05, 3.63) is 34.2 Å². The zero-order valence-electron chi connectivity index (χ0n) is 11.3. The molecule has 0 unspecified atom stereocenters. The molecule has 0 aromatic heterocycles. The number of rotatable bonds is 2. The molecule has 0 spiro atoms. The topological polar surface area (TPSA) is 40.6 Å². The number of fused-ring (bicyclic) bond motifs is 1. The highest BCUT2D eigenvalue weighted by atomic mass is 35.5. The summed E-state index contributed by atoms with van der Waals surface area (Å²) in [7, 11) is -1.22. The number of hydrogen-bond acceptors (Lipinski definition) is 4. The van der Waals surface area contributed by atoms with Crippen molar-refractivity contribution in [2.45, 2.75) is 4.90 Å². The molecular weight excluding hydrogens is 296 g/mol. The molecule has 4 nitrogen and oxygen atoms in total. The molecule has 0 saturated carbocycles. The Kier molecular flexibility index (Phi) is 3.62. The smallest absolute Gasteiger partial charge is 0.200 e. The number of sulfone groups is 1. The monoisotopic (exact) mass is 312 g/mol. The minimum atomic E-state index is -3.32. The van der Waals surface area contributed by atoms with Crippen LogP contribution in [0.2, 0.25) is 5.02 Å². The fourth-order valence-electron chi connectivity index (χ4n) is 2.73. The molecule has 20 heavy (non-hydrogen) atoms. The van der Waals surface area contributed by atoms with Gasteiger partial charge in [0.1, 0.15) is 0 Å². The number of likely N-dealkylation sites (N-methyl/N-ethyl adjacent to an activating group) is 1. The average molecular weight is 313 g/mol. The highest BCUT2D eigenvalue weighted by Crippen LogP contribution is 2.38. The third-order valence-electron chi connectivity index (χ3n) is 3.89. The van der Waals surface area contributed by atoms with Crippen LogP contribution in [0.3, 0.4) is 0 Å². The van der Waals surface area contributed by atoms with Crippen LogP contribution in [0, 0.1) is 0 Å². The van der Waals surface area contributed by atoms with Crippen molar-refractivity contribution in [1.29, 1.82) is 0 Å². The maximum absolute atomic E-state index is 12.1. The van der Waals surface area contributed by atoms with Gasteiger partial charge in [0.2, 0.25) is 9.84 Å². The van der Waals surface area contributed by atoms with Gasteiger partial charge in [-0.1, -0.05) is 17.7 Å². The van der Waals surface area contributed by atoms with Gasteiger partial charge in [-0.05, 0) is 24.8 Å². The van der Waals surface area contributed by atoms with Crippen LogP contribution in [0.4, 0.5) is 0 Å². The van der Waals surface area contributed by atoms with E-state index in [2.05, 4.69) is 16.8 Å². The maximum Gasteiger partial charge on any atom is 0.200 e. The highest BCUT2D eigenvalue weighted by Gasteiger charge is 2.30. The molecule has 6 heteroatoms. The zero-order chi connectivity index (χ0) is 14.3. The molecule has 0 atom stereocenters. The molecule has 0 amide bonds. The predicted octanol–water partition coefficient (Wildman–Crippen LogP) is 1.72. The fraction of sp³-hybridized carbons (Fsp3) is 0.429. The van der Waals surface area contributed by atoms with E-state index in [-0.39, 0.29) is 0 Å². The molecule has 1 aromatic carbocycles. The molecule has 0 N–H and O–H groups in total. The molecule has 1 saturated heterocycles. The van der Waals surface area contributed by atoms with Gasteiger partial charge in [-0.2, -0.15) is 0 Å². The second kappa shape index (κ2) is 5.15. The normalized spacial score (nSPS) is 22.6. The Hall–Kier alpha value is -0.880. The van der Waals surface area contributed by atoms with E-state index in [0.29, 0.717) is 22.0 Å². The third kappa shape index (κ3) is 2.51. The van der Waals surface area contributed by atoms with Crippen LogP contribution in [-0.2, 0) is 9.84 Å². The van der Waals surface area contributed by atoms with Crippen molar-refractivity contribution in [3.63, 3.8) is 0 Å². The van der Waals surface area contributed by atoms with Crippen molar-refractivity contribution in [3.8, 4) is 0 Å². The Morgan fingerprint density at radius 3 is 2.60 bits per heavy atom. The first-order valence-electron chi connectivity index (χ1n) is 6.63. The average Bonchev–Trinajstić information content (AvgIpc) is 2.65. The molecule has 2 heterocycles. The van der Waals surface area contributed by atoms with Crippen molar-refractivity contribution in [2.75, 3.05) is 39.8 Å². The van der Waals surface area contributed by atoms with Gasteiger partial charge in [0, 0.05) is 48.7 Å². The highest BCUT2D eigenvalue weighted by molar-refractivity contribution is 7.95. The van der Waals surface area contributed by atoms with Gasteiger partial charge < -0.3 is 4.90 Å². The summed E-state index contributed by atoms with van der Waals surface area (Å²) in [6, 6.07) is 5.06. The zero-order valence-corrected chi connectivity index (χ0v) is 12.9. The predicted molar refractivity (Wildman–Crippen MR) is 80.6 cm³/mol. The van der Waals surface area contributed by atoms with Crippen molar-refractivity contribution in [1.82, 2.24) is 9.80 Å². The molecule has 1 aromatic rings. The summed E-state index contributed by atoms with van der Waals surface area (Å²) in [6.45, 7) is 4.57. The number of nitrogens with zero attached hydrogens (tertiary/aromatic N) is 2. The Labute approximate surface area is 124 Å². The summed E-state index contributed by atoms with van der Waals surface area (Å²) in [5, 5.41) is 1.89. The lowest BCUT2D eigenvalue weighted by molar-refractivity contribution is 0.168. The first kappa shape index (κ1) is 14.1. The molecule has 2 aliphatic heterocycles. The number of piperazine rings is 1. The van der Waals surface area contributed by atoms with E-state index in [1.165, 1.54) is 5.41 Å². The van der Waals surface area contributed by atoms with Crippen molar-refractivity contribution < 1.29 is 8.42 Å². The molecule has 108 valence electrons. The fourth-order valence-corrected chi connectivity index (χ4v) is 4.57. The standard InChI is InChI=1S/C14H17ClN2O2S/c1-16-5-7-17(8-6-16)9-11-10-20(18,19)13-4-2-3-12(15)14(11)13/h2-4,10H,5-9H2,1H3. The molecule has 1 fully saturated rings. The van der Waals surface area contributed by atoms with Crippen LogP contribution in [0.5, 0.6) is 0 Å². The number of halogens is 1. The molecule has 3 rings (SSSR count). The van der Waals surface area contributed by atoms with Crippen LogP contribution in [0.25, 0.3) is 5.57 Å². The molecule has 0 aliphatic carbocycles. The minimum absolute atomic E-state index is 0.342. The molecule has 0 radical (unpaired) electrons. The summed E-state index contributed by atoms with van der Waals surface area (Å²) < 4.78 is 24.3. The van der Waals surface area contributed by atoms with E-state index in [9.17, 15) is 8.42 Å². The van der Waals surface area contributed by atoms with E-state index < -0.39 is 9.84 Å². The van der Waals surface area contributed by atoms with Crippen LogP contribution in [-0.4, -0.2) is 58.0 Å². The lowest BCUT2D eigenvalue weighted by Gasteiger charge is -2.32. The molecule has 2 aliphatic rings. The summed E-state index contributed by atoms with van der Waals surface area (Å²) in [4.78, 5) is 4.89. The molecular formula is C14H17ClN2O2S. The lowest BCUT2D eigenvalue weighted by Crippen LogP contribution is -2.44. The van der Waals surface area contributed by atoms with Crippen LogP contribution in [0.1, 0.15) is 5.56 Å². The SMILES string of the molecule is CN1CCN(CC2=CS(=O)(=O)c3cccc(Cl)c32)CC1. The quantitative estimate of drug-likeness (QED) is 0.834. The number of benzene rings is 1. The number of hydrogen-bond donors (Lipinski definition) is 0. The largest absolute Gasteiger partial charge is 0.304 e. The van der Waals surface area contributed by atoms with Gasteiger partial charge in [0.15, 0.2) is 0 Å². The van der Waals surface area contributed by atoms with E-state index in [4.69, 9.17) is 11.6 Å². The van der Waals surface area contributed by atoms with Gasteiger partial charge in [0.25, 0.3) is 0 Å². The lowest BCUT2D eigenvalue weighted by atomic mass is 10.1. The van der Waals surface area contributed by atoms with Gasteiger partial charge in [-0.25, -0.2) is 8.42 Å². The van der Waals surface area contributed by atoms with E-state index >= 15 is 0 Å². The van der Waals surface area contributed by atoms with Gasteiger partial charge in [0.05, 0.1) is 4.90 Å². The summed E-state index contributed by atoms with van der Waals surface area (Å²) in [5.74, 6) is 0. The first-order valence-corrected chi connectivity index (χ1v) is 8.55.